The van der Waals surface area contributed by atoms with E-state index in [0.717, 1.165) is 25.9 Å². The second kappa shape index (κ2) is 4.82. The number of anilines is 1. The average Bonchev–Trinajstić information content (AvgIpc) is 2.86. The number of hydrogen-bond acceptors (Lipinski definition) is 6. The van der Waals surface area contributed by atoms with Crippen LogP contribution < -0.4 is 10.2 Å². The first-order valence-corrected chi connectivity index (χ1v) is 7.26. The Balaban J connectivity index is 1.54. The molecule has 1 saturated carbocycles. The Morgan fingerprint density at radius 3 is 2.95 bits per heavy atom. The monoisotopic (exact) mass is 291 g/mol. The zero-order valence-electron chi connectivity index (χ0n) is 12.7. The number of ether oxygens (including phenoxy) is 1. The molecule has 2 heterocycles. The van der Waals surface area contributed by atoms with Gasteiger partial charge in [-0.3, -0.25) is 0 Å². The van der Waals surface area contributed by atoms with Crippen molar-refractivity contribution in [2.75, 3.05) is 18.0 Å². The number of aromatic nitrogens is 3. The molecule has 1 amide bonds. The van der Waals surface area contributed by atoms with Gasteiger partial charge in [0.1, 0.15) is 5.60 Å². The highest BCUT2D eigenvalue weighted by atomic mass is 16.6. The van der Waals surface area contributed by atoms with Crippen molar-refractivity contribution >= 4 is 12.0 Å². The largest absolute Gasteiger partial charge is 0.444 e. The predicted molar refractivity (Wildman–Crippen MR) is 76.9 cm³/mol. The first-order chi connectivity index (χ1) is 9.88. The van der Waals surface area contributed by atoms with E-state index in [9.17, 15) is 4.79 Å². The molecule has 7 nitrogen and oxygen atoms in total. The van der Waals surface area contributed by atoms with Gasteiger partial charge in [-0.1, -0.05) is 0 Å². The minimum absolute atomic E-state index is 0.149. The van der Waals surface area contributed by atoms with E-state index in [-0.39, 0.29) is 17.6 Å². The summed E-state index contributed by atoms with van der Waals surface area (Å²) in [7, 11) is 0. The summed E-state index contributed by atoms with van der Waals surface area (Å²) in [4.78, 5) is 18.2. The van der Waals surface area contributed by atoms with Gasteiger partial charge < -0.3 is 15.0 Å². The van der Waals surface area contributed by atoms with Crippen LogP contribution in [0.1, 0.15) is 33.6 Å². The van der Waals surface area contributed by atoms with Gasteiger partial charge in [0, 0.05) is 24.5 Å². The normalized spacial score (nSPS) is 27.8. The number of amides is 1. The Morgan fingerprint density at radius 2 is 2.29 bits per heavy atom. The Bertz CT molecular complexity index is 530. The van der Waals surface area contributed by atoms with Crippen molar-refractivity contribution < 1.29 is 9.53 Å². The summed E-state index contributed by atoms with van der Waals surface area (Å²) in [5.41, 5.74) is -0.312. The molecule has 2 fully saturated rings. The van der Waals surface area contributed by atoms with Crippen molar-refractivity contribution in [1.82, 2.24) is 20.5 Å². The molecular weight excluding hydrogens is 270 g/mol. The molecule has 1 aromatic rings. The molecule has 1 aromatic heterocycles. The summed E-state index contributed by atoms with van der Waals surface area (Å²) in [6, 6.07) is 0.189. The van der Waals surface area contributed by atoms with Gasteiger partial charge in [-0.05, 0) is 33.6 Å². The van der Waals surface area contributed by atoms with E-state index in [0.29, 0.717) is 5.95 Å². The summed E-state index contributed by atoms with van der Waals surface area (Å²) in [5.74, 6) is 0.664. The highest BCUT2D eigenvalue weighted by Gasteiger charge is 2.58. The Labute approximate surface area is 124 Å². The van der Waals surface area contributed by atoms with E-state index >= 15 is 0 Å². The average molecular weight is 291 g/mol. The lowest BCUT2D eigenvalue weighted by Crippen LogP contribution is -2.36. The highest BCUT2D eigenvalue weighted by Crippen LogP contribution is 2.53. The smallest absolute Gasteiger partial charge is 0.407 e. The van der Waals surface area contributed by atoms with E-state index in [1.54, 1.807) is 12.4 Å². The van der Waals surface area contributed by atoms with Crippen LogP contribution >= 0.6 is 0 Å². The lowest BCUT2D eigenvalue weighted by atomic mass is 10.1. The molecule has 0 aromatic carbocycles. The second-order valence-electron chi connectivity index (χ2n) is 6.88. The Kier molecular flexibility index (Phi) is 3.22. The van der Waals surface area contributed by atoms with Crippen molar-refractivity contribution in [2.24, 2.45) is 5.41 Å². The lowest BCUT2D eigenvalue weighted by Gasteiger charge is -2.20. The fraction of sp³-hybridized carbons (Fsp3) is 0.714. The highest BCUT2D eigenvalue weighted by molar-refractivity contribution is 5.69. The van der Waals surface area contributed by atoms with Crippen molar-refractivity contribution in [3.8, 4) is 0 Å². The zero-order chi connectivity index (χ0) is 15.1. The molecule has 2 aliphatic rings. The maximum Gasteiger partial charge on any atom is 0.407 e. The molecule has 3 rings (SSSR count). The first kappa shape index (κ1) is 14.0. The predicted octanol–water partition coefficient (Wildman–Crippen LogP) is 1.37. The molecule has 1 N–H and O–H groups in total. The van der Waals surface area contributed by atoms with E-state index in [4.69, 9.17) is 4.74 Å². The number of nitrogens with one attached hydrogen (secondary N) is 1. The van der Waals surface area contributed by atoms with Crippen molar-refractivity contribution in [3.63, 3.8) is 0 Å². The molecule has 21 heavy (non-hydrogen) atoms. The summed E-state index contributed by atoms with van der Waals surface area (Å²) in [6.45, 7) is 7.36. The van der Waals surface area contributed by atoms with Crippen LogP contribution in [-0.4, -0.2) is 46.0 Å². The topological polar surface area (TPSA) is 80.2 Å². The number of carbonyl (C=O) groups is 1. The number of rotatable bonds is 2. The number of carbonyl (C=O) groups excluding carboxylic acids is 1. The molecule has 1 aliphatic heterocycles. The van der Waals surface area contributed by atoms with Crippen molar-refractivity contribution in [2.45, 2.75) is 45.3 Å². The molecule has 1 aliphatic carbocycles. The number of alkyl carbamates (subject to hydrolysis) is 1. The maximum atomic E-state index is 11.8. The Hall–Kier alpha value is -1.92. The number of nitrogens with zero attached hydrogens (tertiary/aromatic N) is 4. The van der Waals surface area contributed by atoms with Gasteiger partial charge in [0.05, 0.1) is 12.4 Å². The fourth-order valence-corrected chi connectivity index (χ4v) is 2.90. The van der Waals surface area contributed by atoms with Crippen LogP contribution in [0.25, 0.3) is 0 Å². The van der Waals surface area contributed by atoms with Crippen LogP contribution in [0, 0.1) is 5.41 Å². The quantitative estimate of drug-likeness (QED) is 0.886. The summed E-state index contributed by atoms with van der Waals surface area (Å²) >= 11 is 0. The van der Waals surface area contributed by atoms with Crippen LogP contribution in [-0.2, 0) is 4.74 Å². The Morgan fingerprint density at radius 1 is 1.48 bits per heavy atom. The minimum atomic E-state index is -0.461. The molecule has 0 bridgehead atoms. The van der Waals surface area contributed by atoms with Gasteiger partial charge in [0.15, 0.2) is 0 Å². The molecule has 2 atom stereocenters. The summed E-state index contributed by atoms with van der Waals surface area (Å²) in [5, 5.41) is 10.9. The zero-order valence-corrected chi connectivity index (χ0v) is 12.7. The fourth-order valence-electron chi connectivity index (χ4n) is 2.90. The van der Waals surface area contributed by atoms with Gasteiger partial charge >= 0.3 is 6.09 Å². The molecule has 7 heteroatoms. The molecule has 2 unspecified atom stereocenters. The second-order valence-corrected chi connectivity index (χ2v) is 6.88. The van der Waals surface area contributed by atoms with Gasteiger partial charge in [0.2, 0.25) is 5.95 Å². The van der Waals surface area contributed by atoms with E-state index in [1.165, 1.54) is 0 Å². The standard InChI is InChI=1S/C14H21N5O2/c1-13(2,3)21-12(20)17-10-8-14(10)4-7-19(9-14)11-15-5-6-16-18-11/h5-6,10H,4,7-9H2,1-3H3,(H,17,20). The van der Waals surface area contributed by atoms with Crippen LogP contribution in [0.4, 0.5) is 10.7 Å². The molecule has 114 valence electrons. The van der Waals surface area contributed by atoms with E-state index < -0.39 is 5.60 Å². The molecular formula is C14H21N5O2. The lowest BCUT2D eigenvalue weighted by molar-refractivity contribution is 0.0517. The summed E-state index contributed by atoms with van der Waals surface area (Å²) in [6.07, 6.45) is 4.91. The third-order valence-corrected chi connectivity index (χ3v) is 4.02. The SMILES string of the molecule is CC(C)(C)OC(=O)NC1CC12CCN(c1nccnn1)C2. The third kappa shape index (κ3) is 3.06. The van der Waals surface area contributed by atoms with Crippen LogP contribution in [0.5, 0.6) is 0 Å². The maximum absolute atomic E-state index is 11.8. The van der Waals surface area contributed by atoms with E-state index in [1.807, 2.05) is 20.8 Å². The van der Waals surface area contributed by atoms with Gasteiger partial charge in [-0.25, -0.2) is 9.78 Å². The van der Waals surface area contributed by atoms with Gasteiger partial charge in [-0.2, -0.15) is 5.10 Å². The molecule has 1 saturated heterocycles. The van der Waals surface area contributed by atoms with E-state index in [2.05, 4.69) is 25.4 Å². The van der Waals surface area contributed by atoms with Crippen LogP contribution in [0.3, 0.4) is 0 Å². The van der Waals surface area contributed by atoms with Gasteiger partial charge in [0.25, 0.3) is 0 Å². The molecule has 0 radical (unpaired) electrons. The molecule has 1 spiro atoms. The van der Waals surface area contributed by atoms with Crippen LogP contribution in [0.2, 0.25) is 0 Å². The van der Waals surface area contributed by atoms with Crippen molar-refractivity contribution in [3.05, 3.63) is 12.4 Å². The van der Waals surface area contributed by atoms with Crippen molar-refractivity contribution in [1.29, 1.82) is 0 Å². The number of hydrogen-bond donors (Lipinski definition) is 1. The minimum Gasteiger partial charge on any atom is -0.444 e. The first-order valence-electron chi connectivity index (χ1n) is 7.26. The third-order valence-electron chi connectivity index (χ3n) is 4.02. The van der Waals surface area contributed by atoms with Gasteiger partial charge in [-0.15, -0.1) is 5.10 Å². The van der Waals surface area contributed by atoms with Crippen LogP contribution in [0.15, 0.2) is 12.4 Å². The summed E-state index contributed by atoms with van der Waals surface area (Å²) < 4.78 is 5.30.